The smallest absolute Gasteiger partial charge is 0.306 e. The van der Waals surface area contributed by atoms with Crippen molar-refractivity contribution in [3.8, 4) is 0 Å². The first-order valence-electron chi connectivity index (χ1n) is 13.2. The van der Waals surface area contributed by atoms with Crippen LogP contribution in [0.4, 0.5) is 0 Å². The molecule has 3 aliphatic rings. The first-order valence-corrected chi connectivity index (χ1v) is 14.7. The minimum atomic E-state index is -1.05. The van der Waals surface area contributed by atoms with Gasteiger partial charge in [0, 0.05) is 47.0 Å². The predicted octanol–water partition coefficient (Wildman–Crippen LogP) is 5.19. The molecule has 1 aliphatic carbocycles. The van der Waals surface area contributed by atoms with E-state index in [9.17, 15) is 13.8 Å². The van der Waals surface area contributed by atoms with Crippen LogP contribution in [0.3, 0.4) is 0 Å². The number of carbonyl (C=O) groups excluding carboxylic acids is 2. The number of carbonyl (C=O) groups is 2. The average molecular weight is 499 g/mol. The van der Waals surface area contributed by atoms with Crippen molar-refractivity contribution in [2.45, 2.75) is 128 Å². The van der Waals surface area contributed by atoms with Crippen LogP contribution in [0.5, 0.6) is 0 Å². The summed E-state index contributed by atoms with van der Waals surface area (Å²) in [6, 6.07) is 0. The molecule has 7 heteroatoms. The minimum Gasteiger partial charge on any atom is -0.459 e. The molecule has 0 aromatic carbocycles. The topological polar surface area (TPSA) is 78.9 Å². The maximum Gasteiger partial charge on any atom is 0.306 e. The number of fused-ring (bicyclic) bond motifs is 5. The third kappa shape index (κ3) is 5.25. The lowest BCUT2D eigenvalue weighted by atomic mass is 9.57. The van der Waals surface area contributed by atoms with Crippen LogP contribution >= 0.6 is 0 Å². The summed E-state index contributed by atoms with van der Waals surface area (Å²) in [5.74, 6) is 0.379. The Kier molecular flexibility index (Phi) is 8.29. The SMILES string of the molecule is CCCC(=O)O[C@]1(C)CCC[C@@](C)([S@@](C)=O)C[C@H]2O[C@@H]1[C@H]1[C@@H]2[C@](C)(OC(C)=O)CC[C@@H]1C(C)C. The molecule has 9 atom stereocenters. The normalized spacial score (nSPS) is 43.3. The maximum atomic E-state index is 13.0. The Morgan fingerprint density at radius 3 is 2.32 bits per heavy atom. The summed E-state index contributed by atoms with van der Waals surface area (Å²) < 4.78 is 31.8. The number of hydrogen-bond donors (Lipinski definition) is 0. The molecule has 196 valence electrons. The summed E-state index contributed by atoms with van der Waals surface area (Å²) in [4.78, 5) is 25.0. The molecule has 0 N–H and O–H groups in total. The Labute approximate surface area is 208 Å². The van der Waals surface area contributed by atoms with E-state index < -0.39 is 26.7 Å². The Bertz CT molecular complexity index is 798. The van der Waals surface area contributed by atoms with Crippen molar-refractivity contribution in [3.63, 3.8) is 0 Å². The van der Waals surface area contributed by atoms with Crippen molar-refractivity contribution in [2.75, 3.05) is 6.26 Å². The average Bonchev–Trinajstić information content (AvgIpc) is 3.09. The molecule has 3 rings (SSSR count). The molecule has 2 aliphatic heterocycles. The van der Waals surface area contributed by atoms with E-state index in [4.69, 9.17) is 14.2 Å². The van der Waals surface area contributed by atoms with E-state index in [0.29, 0.717) is 31.1 Å². The molecule has 2 heterocycles. The van der Waals surface area contributed by atoms with E-state index in [0.717, 1.165) is 32.1 Å². The Balaban J connectivity index is 2.14. The van der Waals surface area contributed by atoms with E-state index in [2.05, 4.69) is 20.8 Å². The lowest BCUT2D eigenvalue weighted by Crippen LogP contribution is -2.57. The molecule has 34 heavy (non-hydrogen) atoms. The van der Waals surface area contributed by atoms with Gasteiger partial charge in [-0.15, -0.1) is 0 Å². The molecule has 6 nitrogen and oxygen atoms in total. The molecule has 3 fully saturated rings. The van der Waals surface area contributed by atoms with Crippen LogP contribution in [0.2, 0.25) is 0 Å². The van der Waals surface area contributed by atoms with Gasteiger partial charge >= 0.3 is 11.9 Å². The van der Waals surface area contributed by atoms with Gasteiger partial charge in [0.05, 0.1) is 6.10 Å². The third-order valence-electron chi connectivity index (χ3n) is 9.00. The minimum absolute atomic E-state index is 0.0345. The summed E-state index contributed by atoms with van der Waals surface area (Å²) in [7, 11) is -1.05. The van der Waals surface area contributed by atoms with Crippen LogP contribution in [0.15, 0.2) is 0 Å². The molecule has 0 spiro atoms. The second-order valence-corrected chi connectivity index (χ2v) is 13.9. The van der Waals surface area contributed by atoms with Crippen molar-refractivity contribution < 1.29 is 28.0 Å². The van der Waals surface area contributed by atoms with Gasteiger partial charge in [-0.3, -0.25) is 13.8 Å². The highest BCUT2D eigenvalue weighted by atomic mass is 32.2. The van der Waals surface area contributed by atoms with Crippen LogP contribution < -0.4 is 0 Å². The van der Waals surface area contributed by atoms with Gasteiger partial charge in [-0.25, -0.2) is 0 Å². The maximum absolute atomic E-state index is 13.0. The summed E-state index contributed by atoms with van der Waals surface area (Å²) in [5.41, 5.74) is -1.43. The number of esters is 2. The monoisotopic (exact) mass is 498 g/mol. The van der Waals surface area contributed by atoms with Gasteiger partial charge in [0.1, 0.15) is 17.3 Å². The lowest BCUT2D eigenvalue weighted by Gasteiger charge is -2.51. The van der Waals surface area contributed by atoms with Crippen LogP contribution in [0.25, 0.3) is 0 Å². The van der Waals surface area contributed by atoms with Gasteiger partial charge in [-0.05, 0) is 77.6 Å². The second kappa shape index (κ2) is 10.2. The Morgan fingerprint density at radius 2 is 1.76 bits per heavy atom. The number of hydrogen-bond acceptors (Lipinski definition) is 6. The zero-order chi connectivity index (χ0) is 25.5. The van der Waals surface area contributed by atoms with Crippen molar-refractivity contribution in [1.82, 2.24) is 0 Å². The fourth-order valence-electron chi connectivity index (χ4n) is 7.22. The molecule has 0 radical (unpaired) electrons. The second-order valence-electron chi connectivity index (χ2n) is 12.0. The van der Waals surface area contributed by atoms with E-state index in [-0.39, 0.29) is 36.0 Å². The molecule has 0 aromatic rings. The molecule has 1 saturated carbocycles. The molecular weight excluding hydrogens is 452 g/mol. The largest absolute Gasteiger partial charge is 0.459 e. The zero-order valence-corrected chi connectivity index (χ0v) is 23.3. The predicted molar refractivity (Wildman–Crippen MR) is 134 cm³/mol. The lowest BCUT2D eigenvalue weighted by molar-refractivity contribution is -0.183. The van der Waals surface area contributed by atoms with Gasteiger partial charge < -0.3 is 14.2 Å². The molecular formula is C27H46O6S. The van der Waals surface area contributed by atoms with Crippen LogP contribution in [-0.2, 0) is 34.6 Å². The molecule has 0 unspecified atom stereocenters. The van der Waals surface area contributed by atoms with Crippen LogP contribution in [-0.4, -0.2) is 50.6 Å². The quantitative estimate of drug-likeness (QED) is 0.469. The van der Waals surface area contributed by atoms with E-state index in [1.165, 1.54) is 6.92 Å². The van der Waals surface area contributed by atoms with E-state index >= 15 is 0 Å². The van der Waals surface area contributed by atoms with Gasteiger partial charge in [-0.1, -0.05) is 20.8 Å². The summed E-state index contributed by atoms with van der Waals surface area (Å²) in [6.45, 7) is 14.1. The summed E-state index contributed by atoms with van der Waals surface area (Å²) >= 11 is 0. The molecule has 0 amide bonds. The first-order chi connectivity index (χ1) is 15.8. The highest BCUT2D eigenvalue weighted by molar-refractivity contribution is 7.85. The van der Waals surface area contributed by atoms with Crippen molar-refractivity contribution >= 4 is 22.7 Å². The van der Waals surface area contributed by atoms with Crippen LogP contribution in [0.1, 0.15) is 99.8 Å². The zero-order valence-electron chi connectivity index (χ0n) is 22.5. The van der Waals surface area contributed by atoms with Gasteiger partial charge in [0.25, 0.3) is 0 Å². The first kappa shape index (κ1) is 27.6. The Morgan fingerprint density at radius 1 is 1.09 bits per heavy atom. The molecule has 2 bridgehead atoms. The van der Waals surface area contributed by atoms with Crippen molar-refractivity contribution in [1.29, 1.82) is 0 Å². The highest BCUT2D eigenvalue weighted by Gasteiger charge is 2.65. The van der Waals surface area contributed by atoms with Gasteiger partial charge in [0.2, 0.25) is 0 Å². The van der Waals surface area contributed by atoms with E-state index in [1.54, 1.807) is 6.26 Å². The summed E-state index contributed by atoms with van der Waals surface area (Å²) in [6.07, 6.45) is 7.05. The standard InChI is InChI=1S/C27H46O6S/c1-9-11-21(29)33-27(7)14-10-13-25(5,34(8)30)16-20-23-22(24(27)31-20)19(17(2)3)12-15-26(23,6)32-18(4)28/h17,19-20,22-24H,9-16H2,1-8H3/t19-,20-,22-,23-,24-,25-,26-,27-,34-/m1/s1. The number of rotatable bonds is 6. The van der Waals surface area contributed by atoms with Gasteiger partial charge in [-0.2, -0.15) is 0 Å². The van der Waals surface area contributed by atoms with Crippen LogP contribution in [0, 0.1) is 23.7 Å². The Hall–Kier alpha value is -0.950. The molecule has 0 aromatic heterocycles. The van der Waals surface area contributed by atoms with Crippen molar-refractivity contribution in [2.24, 2.45) is 23.7 Å². The third-order valence-corrected chi connectivity index (χ3v) is 10.8. The fourth-order valence-corrected chi connectivity index (χ4v) is 8.05. The highest BCUT2D eigenvalue weighted by Crippen LogP contribution is 2.58. The van der Waals surface area contributed by atoms with E-state index in [1.807, 2.05) is 20.8 Å². The van der Waals surface area contributed by atoms with Crippen molar-refractivity contribution in [3.05, 3.63) is 0 Å². The number of ether oxygens (including phenoxy) is 3. The fraction of sp³-hybridized carbons (Fsp3) is 0.926. The van der Waals surface area contributed by atoms with Gasteiger partial charge in [0.15, 0.2) is 0 Å². The molecule has 2 saturated heterocycles. The summed E-state index contributed by atoms with van der Waals surface area (Å²) in [5, 5.41) is 0.